The number of amides is 1. The number of hydrogen-bond acceptors (Lipinski definition) is 3. The van der Waals surface area contributed by atoms with Crippen LogP contribution in [0, 0.1) is 11.6 Å². The first kappa shape index (κ1) is 18.5. The van der Waals surface area contributed by atoms with E-state index in [1.54, 1.807) is 24.3 Å². The van der Waals surface area contributed by atoms with Crippen molar-refractivity contribution in [3.8, 4) is 0 Å². The summed E-state index contributed by atoms with van der Waals surface area (Å²) in [7, 11) is -0.541. The lowest BCUT2D eigenvalue weighted by atomic mass is 9.79. The number of benzene rings is 2. The molecule has 1 aliphatic rings. The summed E-state index contributed by atoms with van der Waals surface area (Å²) in [6, 6.07) is 9.94. The van der Waals surface area contributed by atoms with Crippen molar-refractivity contribution >= 4 is 24.2 Å². The van der Waals surface area contributed by atoms with E-state index in [0.717, 1.165) is 17.6 Å². The standard InChI is InChI=1S/C19H20BF2NO3/c1-18(2)19(3,4)26-20(25-18)13-10-8-12(9-11-13)17(24)23-16-14(21)6-5-7-15(16)22/h5-11H,1-4H3,(H,23,24). The number of nitrogens with one attached hydrogen (secondary N) is 1. The van der Waals surface area contributed by atoms with E-state index in [4.69, 9.17) is 9.31 Å². The monoisotopic (exact) mass is 359 g/mol. The maximum atomic E-state index is 13.7. The second-order valence-corrected chi connectivity index (χ2v) is 7.26. The molecule has 2 aromatic carbocycles. The summed E-state index contributed by atoms with van der Waals surface area (Å²) in [6.07, 6.45) is 0. The second kappa shape index (κ2) is 6.48. The summed E-state index contributed by atoms with van der Waals surface area (Å²) in [5, 5.41) is 2.26. The van der Waals surface area contributed by atoms with E-state index in [2.05, 4.69) is 5.32 Å². The zero-order valence-electron chi connectivity index (χ0n) is 15.1. The normalized spacial score (nSPS) is 18.0. The molecule has 1 amide bonds. The number of carbonyl (C=O) groups is 1. The van der Waals surface area contributed by atoms with Crippen molar-refractivity contribution in [2.45, 2.75) is 38.9 Å². The first-order valence-electron chi connectivity index (χ1n) is 8.32. The molecule has 0 atom stereocenters. The van der Waals surface area contributed by atoms with Crippen LogP contribution in [0.25, 0.3) is 0 Å². The van der Waals surface area contributed by atoms with Crippen LogP contribution in [0.3, 0.4) is 0 Å². The Morgan fingerprint density at radius 3 is 1.92 bits per heavy atom. The fourth-order valence-corrected chi connectivity index (χ4v) is 2.57. The Balaban J connectivity index is 1.75. The van der Waals surface area contributed by atoms with Crippen LogP contribution in [-0.2, 0) is 9.31 Å². The van der Waals surface area contributed by atoms with Crippen molar-refractivity contribution in [2.24, 2.45) is 0 Å². The summed E-state index contributed by atoms with van der Waals surface area (Å²) in [4.78, 5) is 12.3. The van der Waals surface area contributed by atoms with Crippen LogP contribution in [0.2, 0.25) is 0 Å². The van der Waals surface area contributed by atoms with Crippen molar-refractivity contribution < 1.29 is 22.9 Å². The molecule has 136 valence electrons. The molecule has 0 saturated carbocycles. The summed E-state index contributed by atoms with van der Waals surface area (Å²) in [6.45, 7) is 7.82. The third-order valence-electron chi connectivity index (χ3n) is 4.90. The molecular weight excluding hydrogens is 339 g/mol. The van der Waals surface area contributed by atoms with Gasteiger partial charge < -0.3 is 14.6 Å². The molecule has 1 N–H and O–H groups in total. The van der Waals surface area contributed by atoms with Gasteiger partial charge in [-0.05, 0) is 57.4 Å². The fraction of sp³-hybridized carbons (Fsp3) is 0.316. The number of carbonyl (C=O) groups excluding carboxylic acids is 1. The van der Waals surface area contributed by atoms with Crippen molar-refractivity contribution in [1.29, 1.82) is 0 Å². The average molecular weight is 359 g/mol. The molecule has 2 aromatic rings. The number of para-hydroxylation sites is 1. The van der Waals surface area contributed by atoms with E-state index in [9.17, 15) is 13.6 Å². The van der Waals surface area contributed by atoms with Gasteiger partial charge in [-0.25, -0.2) is 8.78 Å². The van der Waals surface area contributed by atoms with E-state index < -0.39 is 41.5 Å². The molecule has 1 fully saturated rings. The Bertz CT molecular complexity index is 801. The highest BCUT2D eigenvalue weighted by Gasteiger charge is 2.51. The predicted octanol–water partition coefficient (Wildman–Crippen LogP) is 3.52. The second-order valence-electron chi connectivity index (χ2n) is 7.26. The van der Waals surface area contributed by atoms with Gasteiger partial charge in [0.05, 0.1) is 11.2 Å². The van der Waals surface area contributed by atoms with Gasteiger partial charge in [0, 0.05) is 5.56 Å². The summed E-state index contributed by atoms with van der Waals surface area (Å²) < 4.78 is 39.2. The summed E-state index contributed by atoms with van der Waals surface area (Å²) >= 11 is 0. The largest absolute Gasteiger partial charge is 0.494 e. The Labute approximate surface area is 151 Å². The van der Waals surface area contributed by atoms with Gasteiger partial charge in [0.2, 0.25) is 0 Å². The molecule has 0 radical (unpaired) electrons. The van der Waals surface area contributed by atoms with Crippen LogP contribution in [0.5, 0.6) is 0 Å². The lowest BCUT2D eigenvalue weighted by Crippen LogP contribution is -2.41. The van der Waals surface area contributed by atoms with Crippen LogP contribution < -0.4 is 10.8 Å². The highest BCUT2D eigenvalue weighted by molar-refractivity contribution is 6.62. The molecule has 3 rings (SSSR count). The molecular formula is C19H20BF2NO3. The quantitative estimate of drug-likeness (QED) is 0.854. The first-order valence-corrected chi connectivity index (χ1v) is 8.32. The third kappa shape index (κ3) is 3.37. The lowest BCUT2D eigenvalue weighted by molar-refractivity contribution is 0.00578. The average Bonchev–Trinajstić information content (AvgIpc) is 2.79. The minimum absolute atomic E-state index is 0.271. The minimum Gasteiger partial charge on any atom is -0.399 e. The topological polar surface area (TPSA) is 47.6 Å². The van der Waals surface area contributed by atoms with Crippen molar-refractivity contribution in [3.63, 3.8) is 0 Å². The van der Waals surface area contributed by atoms with Gasteiger partial charge in [-0.1, -0.05) is 18.2 Å². The molecule has 26 heavy (non-hydrogen) atoms. The SMILES string of the molecule is CC1(C)OB(c2ccc(C(=O)Nc3c(F)cccc3F)cc2)OC1(C)C. The summed E-state index contributed by atoms with van der Waals surface area (Å²) in [5.74, 6) is -2.26. The maximum Gasteiger partial charge on any atom is 0.494 e. The molecule has 0 spiro atoms. The third-order valence-corrected chi connectivity index (χ3v) is 4.90. The van der Waals surface area contributed by atoms with Crippen LogP contribution in [0.4, 0.5) is 14.5 Å². The van der Waals surface area contributed by atoms with Crippen molar-refractivity contribution in [2.75, 3.05) is 5.32 Å². The fourth-order valence-electron chi connectivity index (χ4n) is 2.57. The van der Waals surface area contributed by atoms with Crippen molar-refractivity contribution in [3.05, 3.63) is 59.7 Å². The highest BCUT2D eigenvalue weighted by Crippen LogP contribution is 2.36. The van der Waals surface area contributed by atoms with Crippen LogP contribution in [0.1, 0.15) is 38.1 Å². The Hall–Kier alpha value is -2.25. The van der Waals surface area contributed by atoms with E-state index in [-0.39, 0.29) is 5.56 Å². The van der Waals surface area contributed by atoms with Crippen LogP contribution in [0.15, 0.2) is 42.5 Å². The molecule has 7 heteroatoms. The predicted molar refractivity (Wildman–Crippen MR) is 96.5 cm³/mol. The van der Waals surface area contributed by atoms with Gasteiger partial charge in [-0.15, -0.1) is 0 Å². The van der Waals surface area contributed by atoms with Crippen LogP contribution in [-0.4, -0.2) is 24.2 Å². The van der Waals surface area contributed by atoms with E-state index in [1.165, 1.54) is 6.07 Å². The van der Waals surface area contributed by atoms with E-state index >= 15 is 0 Å². The van der Waals surface area contributed by atoms with Crippen molar-refractivity contribution in [1.82, 2.24) is 0 Å². The minimum atomic E-state index is -0.827. The molecule has 0 aromatic heterocycles. The molecule has 1 aliphatic heterocycles. The number of rotatable bonds is 3. The zero-order chi connectivity index (χ0) is 19.1. The molecule has 0 aliphatic carbocycles. The zero-order valence-corrected chi connectivity index (χ0v) is 15.1. The summed E-state index contributed by atoms with van der Waals surface area (Å²) in [5.41, 5.74) is -0.357. The molecule has 1 heterocycles. The molecule has 0 bridgehead atoms. The van der Waals surface area contributed by atoms with Gasteiger partial charge >= 0.3 is 7.12 Å². The molecule has 1 saturated heterocycles. The Morgan fingerprint density at radius 2 is 1.42 bits per heavy atom. The highest BCUT2D eigenvalue weighted by atomic mass is 19.1. The molecule has 4 nitrogen and oxygen atoms in total. The number of anilines is 1. The lowest BCUT2D eigenvalue weighted by Gasteiger charge is -2.32. The van der Waals surface area contributed by atoms with Gasteiger partial charge in [-0.3, -0.25) is 4.79 Å². The number of halogens is 2. The number of hydrogen-bond donors (Lipinski definition) is 1. The smallest absolute Gasteiger partial charge is 0.399 e. The maximum absolute atomic E-state index is 13.7. The van der Waals surface area contributed by atoms with Gasteiger partial charge in [0.15, 0.2) is 0 Å². The van der Waals surface area contributed by atoms with E-state index in [1.807, 2.05) is 27.7 Å². The Kier molecular flexibility index (Phi) is 4.62. The van der Waals surface area contributed by atoms with E-state index in [0.29, 0.717) is 0 Å². The Morgan fingerprint density at radius 1 is 0.923 bits per heavy atom. The van der Waals surface area contributed by atoms with Gasteiger partial charge in [-0.2, -0.15) is 0 Å². The first-order chi connectivity index (χ1) is 12.1. The van der Waals surface area contributed by atoms with Crippen LogP contribution >= 0.6 is 0 Å². The molecule has 0 unspecified atom stereocenters. The van der Waals surface area contributed by atoms with Gasteiger partial charge in [0.25, 0.3) is 5.91 Å². The van der Waals surface area contributed by atoms with Gasteiger partial charge in [0.1, 0.15) is 17.3 Å².